The van der Waals surface area contributed by atoms with Gasteiger partial charge >= 0.3 is 0 Å². The molecule has 16 heavy (non-hydrogen) atoms. The van der Waals surface area contributed by atoms with Gasteiger partial charge in [-0.15, -0.1) is 0 Å². The largest absolute Gasteiger partial charge is 0.496 e. The second-order valence-electron chi connectivity index (χ2n) is 4.21. The van der Waals surface area contributed by atoms with E-state index in [1.165, 1.54) is 12.8 Å². The Hall–Kier alpha value is -1.29. The molecule has 0 amide bonds. The maximum absolute atomic E-state index is 5.36. The van der Waals surface area contributed by atoms with Crippen molar-refractivity contribution >= 4 is 0 Å². The molecule has 2 rings (SSSR count). The van der Waals surface area contributed by atoms with Crippen LogP contribution < -0.4 is 14.8 Å². The van der Waals surface area contributed by atoms with Gasteiger partial charge in [0.05, 0.1) is 19.8 Å². The molecule has 0 unspecified atom stereocenters. The zero-order chi connectivity index (χ0) is 11.6. The van der Waals surface area contributed by atoms with Crippen LogP contribution in [0.5, 0.6) is 11.6 Å². The first kappa shape index (κ1) is 11.2. The Morgan fingerprint density at radius 1 is 1.38 bits per heavy atom. The predicted molar refractivity (Wildman–Crippen MR) is 62.1 cm³/mol. The Morgan fingerprint density at radius 2 is 2.12 bits per heavy atom. The fraction of sp³-hybridized carbons (Fsp3) is 0.583. The van der Waals surface area contributed by atoms with Crippen LogP contribution >= 0.6 is 0 Å². The highest BCUT2D eigenvalue weighted by molar-refractivity contribution is 5.41. The van der Waals surface area contributed by atoms with Crippen LogP contribution in [0.2, 0.25) is 0 Å². The molecule has 1 aromatic rings. The average Bonchev–Trinajstić information content (AvgIpc) is 3.10. The van der Waals surface area contributed by atoms with Crippen LogP contribution in [0.4, 0.5) is 0 Å². The minimum atomic E-state index is 0.226. The Balaban J connectivity index is 2.29. The van der Waals surface area contributed by atoms with E-state index in [1.54, 1.807) is 20.4 Å². The van der Waals surface area contributed by atoms with Gasteiger partial charge in [-0.1, -0.05) is 0 Å². The molecule has 88 valence electrons. The number of pyridine rings is 1. The molecule has 1 saturated carbocycles. The molecule has 0 spiro atoms. The smallest absolute Gasteiger partial charge is 0.220 e. The zero-order valence-corrected chi connectivity index (χ0v) is 10.0. The van der Waals surface area contributed by atoms with Crippen molar-refractivity contribution < 1.29 is 9.47 Å². The number of methoxy groups -OCH3 is 2. The summed E-state index contributed by atoms with van der Waals surface area (Å²) in [7, 11) is 5.32. The van der Waals surface area contributed by atoms with Gasteiger partial charge in [-0.05, 0) is 32.4 Å². The van der Waals surface area contributed by atoms with Crippen LogP contribution in [0, 0.1) is 0 Å². The Kier molecular flexibility index (Phi) is 3.01. The number of nitrogens with zero attached hydrogens (tertiary/aromatic N) is 1. The quantitative estimate of drug-likeness (QED) is 0.817. The lowest BCUT2D eigenvalue weighted by Crippen LogP contribution is -2.30. The summed E-state index contributed by atoms with van der Waals surface area (Å²) in [6.45, 7) is 0. The van der Waals surface area contributed by atoms with E-state index in [4.69, 9.17) is 9.47 Å². The van der Waals surface area contributed by atoms with E-state index in [1.807, 2.05) is 13.1 Å². The highest BCUT2D eigenvalue weighted by Crippen LogP contribution is 2.41. The van der Waals surface area contributed by atoms with Crippen molar-refractivity contribution in [3.05, 3.63) is 17.8 Å². The van der Waals surface area contributed by atoms with Gasteiger partial charge in [0.2, 0.25) is 5.88 Å². The van der Waals surface area contributed by atoms with E-state index in [2.05, 4.69) is 10.3 Å². The van der Waals surface area contributed by atoms with Gasteiger partial charge in [-0.2, -0.15) is 0 Å². The summed E-state index contributed by atoms with van der Waals surface area (Å²) in [5.74, 6) is 1.52. The Bertz CT molecular complexity index is 353. The molecule has 0 atom stereocenters. The van der Waals surface area contributed by atoms with Gasteiger partial charge in [-0.25, -0.2) is 4.98 Å². The Labute approximate surface area is 96.0 Å². The van der Waals surface area contributed by atoms with Crippen LogP contribution in [0.25, 0.3) is 0 Å². The minimum absolute atomic E-state index is 0.226. The second kappa shape index (κ2) is 4.29. The third-order valence-electron chi connectivity index (χ3n) is 3.29. The van der Waals surface area contributed by atoms with Crippen LogP contribution in [0.3, 0.4) is 0 Å². The van der Waals surface area contributed by atoms with Crippen molar-refractivity contribution in [2.75, 3.05) is 21.3 Å². The van der Waals surface area contributed by atoms with Gasteiger partial charge in [-0.3, -0.25) is 0 Å². The first-order valence-corrected chi connectivity index (χ1v) is 5.49. The van der Waals surface area contributed by atoms with Crippen LogP contribution in [0.15, 0.2) is 12.3 Å². The first-order valence-electron chi connectivity index (χ1n) is 5.49. The summed E-state index contributed by atoms with van der Waals surface area (Å²) in [6.07, 6.45) is 5.01. The fourth-order valence-electron chi connectivity index (χ4n) is 1.99. The van der Waals surface area contributed by atoms with Crippen molar-refractivity contribution in [3.8, 4) is 11.6 Å². The summed E-state index contributed by atoms with van der Waals surface area (Å²) in [4.78, 5) is 4.22. The molecular weight excluding hydrogens is 204 g/mol. The molecule has 1 aromatic heterocycles. The van der Waals surface area contributed by atoms with Gasteiger partial charge in [0.25, 0.3) is 0 Å². The maximum atomic E-state index is 5.36. The SMILES string of the molecule is CNC1(Cc2c(OC)ccnc2OC)CC1. The molecule has 1 fully saturated rings. The second-order valence-corrected chi connectivity index (χ2v) is 4.21. The molecule has 1 aliphatic carbocycles. The monoisotopic (exact) mass is 222 g/mol. The molecule has 0 aliphatic heterocycles. The van der Waals surface area contributed by atoms with Gasteiger partial charge in [0.1, 0.15) is 5.75 Å². The third kappa shape index (κ3) is 1.97. The number of likely N-dealkylation sites (N-methyl/N-ethyl adjacent to an activating group) is 1. The normalized spacial score (nSPS) is 16.9. The lowest BCUT2D eigenvalue weighted by Gasteiger charge is -2.17. The number of aromatic nitrogens is 1. The molecule has 0 radical (unpaired) electrons. The van der Waals surface area contributed by atoms with E-state index in [9.17, 15) is 0 Å². The van der Waals surface area contributed by atoms with Crippen molar-refractivity contribution in [2.45, 2.75) is 24.8 Å². The molecule has 4 heteroatoms. The van der Waals surface area contributed by atoms with E-state index in [-0.39, 0.29) is 5.54 Å². The standard InChI is InChI=1S/C12H18N2O2/c1-13-12(5-6-12)8-9-10(15-2)4-7-14-11(9)16-3/h4,7,13H,5-6,8H2,1-3H3. The van der Waals surface area contributed by atoms with Crippen molar-refractivity contribution in [2.24, 2.45) is 0 Å². The minimum Gasteiger partial charge on any atom is -0.496 e. The average molecular weight is 222 g/mol. The fourth-order valence-corrected chi connectivity index (χ4v) is 1.99. The molecular formula is C12H18N2O2. The summed E-state index contributed by atoms with van der Waals surface area (Å²) in [6, 6.07) is 1.88. The van der Waals surface area contributed by atoms with E-state index >= 15 is 0 Å². The summed E-state index contributed by atoms with van der Waals surface area (Å²) in [5, 5.41) is 3.36. The molecule has 1 N–H and O–H groups in total. The summed E-state index contributed by atoms with van der Waals surface area (Å²) < 4.78 is 10.6. The zero-order valence-electron chi connectivity index (χ0n) is 10.0. The topological polar surface area (TPSA) is 43.4 Å². The van der Waals surface area contributed by atoms with Crippen LogP contribution in [-0.4, -0.2) is 31.8 Å². The number of ether oxygens (including phenoxy) is 2. The first-order chi connectivity index (χ1) is 7.74. The number of hydrogen-bond acceptors (Lipinski definition) is 4. The molecule has 4 nitrogen and oxygen atoms in total. The lowest BCUT2D eigenvalue weighted by atomic mass is 10.0. The highest BCUT2D eigenvalue weighted by atomic mass is 16.5. The number of rotatable bonds is 5. The number of hydrogen-bond donors (Lipinski definition) is 1. The molecule has 0 bridgehead atoms. The predicted octanol–water partition coefficient (Wildman–Crippen LogP) is 1.39. The van der Waals surface area contributed by atoms with Crippen molar-refractivity contribution in [1.82, 2.24) is 10.3 Å². The van der Waals surface area contributed by atoms with E-state index < -0.39 is 0 Å². The van der Waals surface area contributed by atoms with Gasteiger partial charge in [0, 0.05) is 11.7 Å². The maximum Gasteiger partial charge on any atom is 0.220 e. The summed E-state index contributed by atoms with van der Waals surface area (Å²) >= 11 is 0. The van der Waals surface area contributed by atoms with Crippen molar-refractivity contribution in [3.63, 3.8) is 0 Å². The third-order valence-corrected chi connectivity index (χ3v) is 3.29. The highest BCUT2D eigenvalue weighted by Gasteiger charge is 2.42. The van der Waals surface area contributed by atoms with Crippen molar-refractivity contribution in [1.29, 1.82) is 0 Å². The molecule has 1 aliphatic rings. The molecule has 0 aromatic carbocycles. The molecule has 1 heterocycles. The van der Waals surface area contributed by atoms with Gasteiger partial charge < -0.3 is 14.8 Å². The summed E-state index contributed by atoms with van der Waals surface area (Å²) in [5.41, 5.74) is 1.28. The number of nitrogens with one attached hydrogen (secondary N) is 1. The van der Waals surface area contributed by atoms with Crippen LogP contribution in [-0.2, 0) is 6.42 Å². The van der Waals surface area contributed by atoms with Gasteiger partial charge in [0.15, 0.2) is 0 Å². The Morgan fingerprint density at radius 3 is 2.62 bits per heavy atom. The van der Waals surface area contributed by atoms with Crippen LogP contribution in [0.1, 0.15) is 18.4 Å². The van der Waals surface area contributed by atoms with E-state index in [0.717, 1.165) is 17.7 Å². The lowest BCUT2D eigenvalue weighted by molar-refractivity contribution is 0.367. The molecule has 0 saturated heterocycles. The van der Waals surface area contributed by atoms with E-state index in [0.29, 0.717) is 5.88 Å².